The highest BCUT2D eigenvalue weighted by Crippen LogP contribution is 2.32. The number of rotatable bonds is 4. The van der Waals surface area contributed by atoms with Gasteiger partial charge in [-0.05, 0) is 18.2 Å². The number of aromatic nitrogens is 2. The van der Waals surface area contributed by atoms with E-state index in [2.05, 4.69) is 10.2 Å². The van der Waals surface area contributed by atoms with Crippen LogP contribution in [-0.4, -0.2) is 31.8 Å². The van der Waals surface area contributed by atoms with Crippen LogP contribution >= 0.6 is 11.6 Å². The molecule has 10 heteroatoms. The summed E-state index contributed by atoms with van der Waals surface area (Å²) in [5, 5.41) is 19.3. The van der Waals surface area contributed by atoms with Gasteiger partial charge in [0.25, 0.3) is 17.5 Å². The van der Waals surface area contributed by atoms with Gasteiger partial charge in [0, 0.05) is 6.07 Å². The molecule has 0 fully saturated rings. The van der Waals surface area contributed by atoms with Gasteiger partial charge >= 0.3 is 0 Å². The summed E-state index contributed by atoms with van der Waals surface area (Å²) in [5.41, 5.74) is -0.176. The molecule has 0 N–H and O–H groups in total. The van der Waals surface area contributed by atoms with E-state index >= 15 is 0 Å². The minimum absolute atomic E-state index is 0.00192. The van der Waals surface area contributed by atoms with E-state index in [0.717, 1.165) is 4.90 Å². The fraction of sp³-hybridized carbons (Fsp3) is 0.0588. The van der Waals surface area contributed by atoms with Crippen molar-refractivity contribution in [2.75, 3.05) is 0 Å². The largest absolute Gasteiger partial charge is 0.419 e. The Morgan fingerprint density at radius 2 is 1.78 bits per heavy atom. The smallest absolute Gasteiger partial charge is 0.282 e. The van der Waals surface area contributed by atoms with E-state index in [9.17, 15) is 19.7 Å². The van der Waals surface area contributed by atoms with Crippen molar-refractivity contribution in [3.05, 3.63) is 74.6 Å². The van der Waals surface area contributed by atoms with Crippen LogP contribution in [0.3, 0.4) is 0 Å². The molecule has 0 unspecified atom stereocenters. The van der Waals surface area contributed by atoms with Crippen molar-refractivity contribution in [1.82, 2.24) is 15.1 Å². The minimum atomic E-state index is -0.778. The molecular weight excluding hydrogens is 376 g/mol. The zero-order valence-electron chi connectivity index (χ0n) is 13.5. The van der Waals surface area contributed by atoms with Crippen molar-refractivity contribution in [1.29, 1.82) is 0 Å². The second kappa shape index (κ2) is 6.29. The molecule has 0 saturated carbocycles. The lowest BCUT2D eigenvalue weighted by atomic mass is 10.1. The Hall–Kier alpha value is -3.59. The van der Waals surface area contributed by atoms with Crippen molar-refractivity contribution in [2.45, 2.75) is 6.54 Å². The van der Waals surface area contributed by atoms with Gasteiger partial charge in [-0.2, -0.15) is 0 Å². The average molecular weight is 385 g/mol. The molecule has 0 atom stereocenters. The Balaban J connectivity index is 1.64. The van der Waals surface area contributed by atoms with Gasteiger partial charge in [0.15, 0.2) is 0 Å². The van der Waals surface area contributed by atoms with Gasteiger partial charge in [0.05, 0.1) is 21.1 Å². The van der Waals surface area contributed by atoms with Crippen LogP contribution in [0.2, 0.25) is 5.02 Å². The highest BCUT2D eigenvalue weighted by molar-refractivity contribution is 6.33. The third-order valence-electron chi connectivity index (χ3n) is 4.04. The molecule has 0 radical (unpaired) electrons. The first-order valence-electron chi connectivity index (χ1n) is 7.68. The predicted octanol–water partition coefficient (Wildman–Crippen LogP) is 3.09. The maximum Gasteiger partial charge on any atom is 0.282 e. The molecule has 27 heavy (non-hydrogen) atoms. The molecule has 2 heterocycles. The van der Waals surface area contributed by atoms with E-state index in [1.807, 2.05) is 0 Å². The number of hydrogen-bond donors (Lipinski definition) is 0. The van der Waals surface area contributed by atoms with Gasteiger partial charge in [-0.1, -0.05) is 29.8 Å². The molecule has 134 valence electrons. The minimum Gasteiger partial charge on any atom is -0.419 e. The van der Waals surface area contributed by atoms with Crippen molar-refractivity contribution in [3.8, 4) is 11.5 Å². The van der Waals surface area contributed by atoms with Crippen LogP contribution in [0.15, 0.2) is 46.9 Å². The highest BCUT2D eigenvalue weighted by atomic mass is 35.5. The maximum absolute atomic E-state index is 12.6. The number of nitrogens with zero attached hydrogens (tertiary/aromatic N) is 4. The first kappa shape index (κ1) is 16.9. The first-order chi connectivity index (χ1) is 13.0. The van der Waals surface area contributed by atoms with Gasteiger partial charge in [-0.15, -0.1) is 10.2 Å². The van der Waals surface area contributed by atoms with E-state index in [4.69, 9.17) is 16.0 Å². The predicted molar refractivity (Wildman–Crippen MR) is 92.0 cm³/mol. The van der Waals surface area contributed by atoms with Crippen molar-refractivity contribution in [2.24, 2.45) is 0 Å². The van der Waals surface area contributed by atoms with Gasteiger partial charge in [0.1, 0.15) is 12.1 Å². The molecule has 0 aliphatic carbocycles. The van der Waals surface area contributed by atoms with E-state index in [-0.39, 0.29) is 29.5 Å². The molecule has 0 saturated heterocycles. The molecule has 0 bridgehead atoms. The van der Waals surface area contributed by atoms with Crippen LogP contribution in [0, 0.1) is 10.1 Å². The summed E-state index contributed by atoms with van der Waals surface area (Å²) < 4.78 is 5.50. The topological polar surface area (TPSA) is 119 Å². The Morgan fingerprint density at radius 1 is 1.04 bits per heavy atom. The summed E-state index contributed by atoms with van der Waals surface area (Å²) in [4.78, 5) is 36.3. The second-order valence-electron chi connectivity index (χ2n) is 5.63. The van der Waals surface area contributed by atoms with Crippen molar-refractivity contribution in [3.63, 3.8) is 0 Å². The molecule has 2 amide bonds. The number of carbonyl (C=O) groups excluding carboxylic acids is 2. The normalized spacial score (nSPS) is 13.1. The molecule has 4 rings (SSSR count). The van der Waals surface area contributed by atoms with Crippen molar-refractivity contribution < 1.29 is 18.9 Å². The number of nitro groups is 1. The van der Waals surface area contributed by atoms with E-state index in [0.29, 0.717) is 10.6 Å². The summed E-state index contributed by atoms with van der Waals surface area (Å²) in [6.07, 6.45) is 0. The molecule has 1 aromatic heterocycles. The molecule has 2 aromatic carbocycles. The van der Waals surface area contributed by atoms with Crippen LogP contribution in [0.25, 0.3) is 11.5 Å². The van der Waals surface area contributed by atoms with Gasteiger partial charge in [-0.25, -0.2) is 0 Å². The van der Waals surface area contributed by atoms with E-state index in [1.165, 1.54) is 18.2 Å². The molecule has 1 aliphatic heterocycles. The van der Waals surface area contributed by atoms with E-state index < -0.39 is 22.4 Å². The number of fused-ring (bicyclic) bond motifs is 1. The number of hydrogen-bond acceptors (Lipinski definition) is 7. The Labute approximate surface area is 156 Å². The first-order valence-corrected chi connectivity index (χ1v) is 8.06. The Bertz CT molecular complexity index is 1110. The summed E-state index contributed by atoms with van der Waals surface area (Å²) >= 11 is 6.08. The summed E-state index contributed by atoms with van der Waals surface area (Å²) in [6, 6.07) is 10.7. The summed E-state index contributed by atoms with van der Waals surface area (Å²) in [6.45, 7) is -0.305. The maximum atomic E-state index is 12.6. The molecule has 9 nitrogen and oxygen atoms in total. The fourth-order valence-electron chi connectivity index (χ4n) is 2.81. The standard InChI is InChI=1S/C17H9ClN4O5/c18-11-6-2-1-4-9(11)15-20-19-13(27-15)8-21-16(23)10-5-3-7-12(22(25)26)14(10)17(21)24/h1-7H,8H2. The van der Waals surface area contributed by atoms with Gasteiger partial charge in [0.2, 0.25) is 11.8 Å². The van der Waals surface area contributed by atoms with Gasteiger partial charge < -0.3 is 4.42 Å². The van der Waals surface area contributed by atoms with Crippen LogP contribution in [0.5, 0.6) is 0 Å². The molecule has 1 aliphatic rings. The summed E-state index contributed by atoms with van der Waals surface area (Å²) in [5.74, 6) is -1.30. The number of amides is 2. The lowest BCUT2D eigenvalue weighted by Gasteiger charge is -2.10. The second-order valence-corrected chi connectivity index (χ2v) is 6.04. The lowest BCUT2D eigenvalue weighted by molar-refractivity contribution is -0.385. The average Bonchev–Trinajstić information content (AvgIpc) is 3.21. The Morgan fingerprint density at radius 3 is 2.52 bits per heavy atom. The zero-order chi connectivity index (χ0) is 19.1. The van der Waals surface area contributed by atoms with Crippen LogP contribution in [0.4, 0.5) is 5.69 Å². The lowest BCUT2D eigenvalue weighted by Crippen LogP contribution is -2.29. The summed E-state index contributed by atoms with van der Waals surface area (Å²) in [7, 11) is 0. The van der Waals surface area contributed by atoms with Crippen LogP contribution in [0.1, 0.15) is 26.6 Å². The van der Waals surface area contributed by atoms with E-state index in [1.54, 1.807) is 24.3 Å². The van der Waals surface area contributed by atoms with Crippen LogP contribution in [-0.2, 0) is 6.54 Å². The quantitative estimate of drug-likeness (QED) is 0.385. The SMILES string of the molecule is O=C1c2cccc([N+](=O)[O-])c2C(=O)N1Cc1nnc(-c2ccccc2Cl)o1. The molecule has 3 aromatic rings. The number of benzene rings is 2. The third-order valence-corrected chi connectivity index (χ3v) is 4.37. The highest BCUT2D eigenvalue weighted by Gasteiger charge is 2.41. The number of halogens is 1. The number of imide groups is 1. The monoisotopic (exact) mass is 384 g/mol. The van der Waals surface area contributed by atoms with Gasteiger partial charge in [-0.3, -0.25) is 24.6 Å². The van der Waals surface area contributed by atoms with Crippen molar-refractivity contribution >= 4 is 29.1 Å². The fourth-order valence-corrected chi connectivity index (χ4v) is 3.02. The zero-order valence-corrected chi connectivity index (χ0v) is 14.2. The third kappa shape index (κ3) is 2.74. The number of nitro benzene ring substituents is 1. The number of carbonyl (C=O) groups is 2. The molecular formula is C17H9ClN4O5. The molecule has 0 spiro atoms. The van der Waals surface area contributed by atoms with Crippen LogP contribution < -0.4 is 0 Å². The Kier molecular flexibility index (Phi) is 3.93.